The van der Waals surface area contributed by atoms with Crippen molar-refractivity contribution in [2.24, 2.45) is 0 Å². The summed E-state index contributed by atoms with van der Waals surface area (Å²) in [7, 11) is 2.07. The van der Waals surface area contributed by atoms with Gasteiger partial charge in [0.2, 0.25) is 0 Å². The van der Waals surface area contributed by atoms with E-state index in [2.05, 4.69) is 16.9 Å². The molecule has 0 bridgehead atoms. The van der Waals surface area contributed by atoms with Gasteiger partial charge in [-0.15, -0.1) is 0 Å². The maximum absolute atomic E-state index is 9.39. The second-order valence-electron chi connectivity index (χ2n) is 4.74. The fourth-order valence-corrected chi connectivity index (χ4v) is 1.96. The van der Waals surface area contributed by atoms with Gasteiger partial charge in [-0.2, -0.15) is 0 Å². The summed E-state index contributed by atoms with van der Waals surface area (Å²) in [4.78, 5) is 6.24. The molecule has 0 amide bonds. The minimum Gasteiger partial charge on any atom is -0.506 e. The van der Waals surface area contributed by atoms with E-state index in [-0.39, 0.29) is 5.75 Å². The normalized spacial score (nSPS) is 10.8. The van der Waals surface area contributed by atoms with Crippen molar-refractivity contribution >= 4 is 5.69 Å². The lowest BCUT2D eigenvalue weighted by atomic mass is 10.1. The van der Waals surface area contributed by atoms with Crippen LogP contribution in [0, 0.1) is 0 Å². The van der Waals surface area contributed by atoms with E-state index in [1.165, 1.54) is 5.56 Å². The van der Waals surface area contributed by atoms with Gasteiger partial charge in [0.1, 0.15) is 5.75 Å². The molecule has 1 aromatic carbocycles. The average molecular weight is 257 g/mol. The monoisotopic (exact) mass is 257 g/mol. The maximum atomic E-state index is 9.39. The van der Waals surface area contributed by atoms with Gasteiger partial charge < -0.3 is 15.7 Å². The molecule has 0 fully saturated rings. The molecule has 19 heavy (non-hydrogen) atoms. The molecular weight excluding hydrogens is 238 g/mol. The molecule has 0 radical (unpaired) electrons. The highest BCUT2D eigenvalue weighted by Gasteiger charge is 2.03. The van der Waals surface area contributed by atoms with Gasteiger partial charge in [0.25, 0.3) is 0 Å². The first-order valence-corrected chi connectivity index (χ1v) is 6.30. The van der Waals surface area contributed by atoms with Crippen molar-refractivity contribution in [3.63, 3.8) is 0 Å². The first kappa shape index (κ1) is 13.4. The number of hydrogen-bond donors (Lipinski definition) is 2. The Bertz CT molecular complexity index is 528. The lowest BCUT2D eigenvalue weighted by Gasteiger charge is -2.17. The second kappa shape index (κ2) is 6.20. The van der Waals surface area contributed by atoms with Crippen LogP contribution in [-0.2, 0) is 13.0 Å². The van der Waals surface area contributed by atoms with E-state index >= 15 is 0 Å². The van der Waals surface area contributed by atoms with Crippen LogP contribution in [0.2, 0.25) is 0 Å². The third kappa shape index (κ3) is 3.96. The van der Waals surface area contributed by atoms with Crippen LogP contribution >= 0.6 is 0 Å². The predicted octanol–water partition coefficient (Wildman–Crippen LogP) is 2.04. The summed E-state index contributed by atoms with van der Waals surface area (Å²) in [6.45, 7) is 1.78. The van der Waals surface area contributed by atoms with E-state index in [0.29, 0.717) is 5.69 Å². The van der Waals surface area contributed by atoms with E-state index in [4.69, 9.17) is 5.73 Å². The Morgan fingerprint density at radius 1 is 1.16 bits per heavy atom. The Labute approximate surface area is 113 Å². The Morgan fingerprint density at radius 2 is 1.89 bits per heavy atom. The fraction of sp³-hybridized carbons (Fsp3) is 0.267. The van der Waals surface area contributed by atoms with Crippen LogP contribution in [0.25, 0.3) is 0 Å². The van der Waals surface area contributed by atoms with Crippen molar-refractivity contribution in [3.8, 4) is 5.75 Å². The van der Waals surface area contributed by atoms with E-state index in [1.807, 2.05) is 36.7 Å². The Hall–Kier alpha value is -2.07. The molecule has 0 aliphatic rings. The number of pyridine rings is 1. The minimum absolute atomic E-state index is 0.142. The average Bonchev–Trinajstić information content (AvgIpc) is 2.42. The van der Waals surface area contributed by atoms with E-state index in [9.17, 15) is 5.11 Å². The number of phenolic OH excluding ortho intramolecular Hbond substituents is 1. The number of nitrogens with two attached hydrogens (primary N) is 1. The summed E-state index contributed by atoms with van der Waals surface area (Å²) in [6, 6.07) is 9.42. The van der Waals surface area contributed by atoms with Crippen LogP contribution in [-0.4, -0.2) is 28.6 Å². The van der Waals surface area contributed by atoms with Crippen molar-refractivity contribution in [2.45, 2.75) is 13.0 Å². The number of benzene rings is 1. The fourth-order valence-electron chi connectivity index (χ4n) is 1.96. The SMILES string of the molecule is CN(CCc1ccncc1)Cc1ccc(O)c(N)c1. The van der Waals surface area contributed by atoms with Crippen molar-refractivity contribution in [3.05, 3.63) is 53.9 Å². The molecule has 4 nitrogen and oxygen atoms in total. The zero-order valence-corrected chi connectivity index (χ0v) is 11.1. The van der Waals surface area contributed by atoms with Crippen LogP contribution in [0.15, 0.2) is 42.7 Å². The van der Waals surface area contributed by atoms with Gasteiger partial charge >= 0.3 is 0 Å². The molecule has 4 heteroatoms. The molecule has 100 valence electrons. The zero-order chi connectivity index (χ0) is 13.7. The van der Waals surface area contributed by atoms with Crippen molar-refractivity contribution in [2.75, 3.05) is 19.3 Å². The van der Waals surface area contributed by atoms with Crippen LogP contribution in [0.3, 0.4) is 0 Å². The number of hydrogen-bond acceptors (Lipinski definition) is 4. The number of likely N-dealkylation sites (N-methyl/N-ethyl adjacent to an activating group) is 1. The third-order valence-electron chi connectivity index (χ3n) is 3.08. The van der Waals surface area contributed by atoms with E-state index in [0.717, 1.165) is 25.1 Å². The number of rotatable bonds is 5. The quantitative estimate of drug-likeness (QED) is 0.635. The maximum Gasteiger partial charge on any atom is 0.138 e. The summed E-state index contributed by atoms with van der Waals surface area (Å²) in [5, 5.41) is 9.39. The molecular formula is C15H19N3O. The summed E-state index contributed by atoms with van der Waals surface area (Å²) >= 11 is 0. The van der Waals surface area contributed by atoms with Gasteiger partial charge in [-0.1, -0.05) is 6.07 Å². The van der Waals surface area contributed by atoms with Gasteiger partial charge in [-0.25, -0.2) is 0 Å². The molecule has 0 unspecified atom stereocenters. The second-order valence-corrected chi connectivity index (χ2v) is 4.74. The minimum atomic E-state index is 0.142. The van der Waals surface area contributed by atoms with Crippen molar-refractivity contribution in [1.29, 1.82) is 0 Å². The largest absolute Gasteiger partial charge is 0.506 e. The van der Waals surface area contributed by atoms with Gasteiger partial charge in [0.05, 0.1) is 5.69 Å². The molecule has 0 saturated heterocycles. The van der Waals surface area contributed by atoms with Gasteiger partial charge in [-0.3, -0.25) is 4.98 Å². The first-order valence-electron chi connectivity index (χ1n) is 6.30. The predicted molar refractivity (Wildman–Crippen MR) is 76.8 cm³/mol. The smallest absolute Gasteiger partial charge is 0.138 e. The highest BCUT2D eigenvalue weighted by atomic mass is 16.3. The number of nitrogen functional groups attached to an aromatic ring is 1. The summed E-state index contributed by atoms with van der Waals surface area (Å²) in [5.41, 5.74) is 8.51. The molecule has 0 aliphatic carbocycles. The number of aromatic hydroxyl groups is 1. The number of anilines is 1. The summed E-state index contributed by atoms with van der Waals surface area (Å²) < 4.78 is 0. The first-order chi connectivity index (χ1) is 9.15. The molecule has 3 N–H and O–H groups in total. The molecule has 0 aliphatic heterocycles. The zero-order valence-electron chi connectivity index (χ0n) is 11.1. The molecule has 1 heterocycles. The molecule has 0 saturated carbocycles. The van der Waals surface area contributed by atoms with Crippen LogP contribution < -0.4 is 5.73 Å². The van der Waals surface area contributed by atoms with Gasteiger partial charge in [0.15, 0.2) is 0 Å². The van der Waals surface area contributed by atoms with Gasteiger partial charge in [-0.05, 0) is 48.9 Å². The van der Waals surface area contributed by atoms with E-state index in [1.54, 1.807) is 6.07 Å². The molecule has 2 aromatic rings. The van der Waals surface area contributed by atoms with Gasteiger partial charge in [0, 0.05) is 25.5 Å². The Balaban J connectivity index is 1.87. The van der Waals surface area contributed by atoms with Crippen molar-refractivity contribution < 1.29 is 5.11 Å². The van der Waals surface area contributed by atoms with E-state index < -0.39 is 0 Å². The van der Waals surface area contributed by atoms with Crippen LogP contribution in [0.4, 0.5) is 5.69 Å². The number of nitrogens with zero attached hydrogens (tertiary/aromatic N) is 2. The van der Waals surface area contributed by atoms with Crippen LogP contribution in [0.5, 0.6) is 5.75 Å². The summed E-state index contributed by atoms with van der Waals surface area (Å²) in [5.74, 6) is 0.142. The number of phenols is 1. The van der Waals surface area contributed by atoms with Crippen LogP contribution in [0.1, 0.15) is 11.1 Å². The lowest BCUT2D eigenvalue weighted by molar-refractivity contribution is 0.331. The highest BCUT2D eigenvalue weighted by Crippen LogP contribution is 2.21. The molecule has 0 spiro atoms. The molecule has 2 rings (SSSR count). The topological polar surface area (TPSA) is 62.4 Å². The lowest BCUT2D eigenvalue weighted by Crippen LogP contribution is -2.20. The Morgan fingerprint density at radius 3 is 2.58 bits per heavy atom. The standard InChI is InChI=1S/C15H19N3O/c1-18(9-6-12-4-7-17-8-5-12)11-13-2-3-15(19)14(16)10-13/h2-5,7-8,10,19H,6,9,11,16H2,1H3. The highest BCUT2D eigenvalue weighted by molar-refractivity contribution is 5.53. The molecule has 1 aromatic heterocycles. The molecule has 0 atom stereocenters. The van der Waals surface area contributed by atoms with Crippen molar-refractivity contribution in [1.82, 2.24) is 9.88 Å². The number of aromatic nitrogens is 1. The third-order valence-corrected chi connectivity index (χ3v) is 3.08. The Kier molecular flexibility index (Phi) is 4.36. The summed E-state index contributed by atoms with van der Waals surface area (Å²) in [6.07, 6.45) is 4.62.